The van der Waals surface area contributed by atoms with Crippen LogP contribution < -0.4 is 0 Å². The smallest absolute Gasteiger partial charge is 0.0662 e. The van der Waals surface area contributed by atoms with Crippen LogP contribution in [0.2, 0.25) is 0 Å². The molecule has 1 aliphatic carbocycles. The summed E-state index contributed by atoms with van der Waals surface area (Å²) in [5.74, 6) is -0.690. The van der Waals surface area contributed by atoms with Gasteiger partial charge in [-0.3, -0.25) is 0 Å². The monoisotopic (exact) mass is 144 g/mol. The molecule has 0 heterocycles. The van der Waals surface area contributed by atoms with Crippen molar-refractivity contribution in [3.63, 3.8) is 0 Å². The van der Waals surface area contributed by atoms with Gasteiger partial charge in [-0.05, 0) is 12.0 Å². The van der Waals surface area contributed by atoms with Gasteiger partial charge in [-0.15, -0.1) is 0 Å². The maximum Gasteiger partial charge on any atom is 0.0662 e. The summed E-state index contributed by atoms with van der Waals surface area (Å²) in [4.78, 5) is 0. The summed E-state index contributed by atoms with van der Waals surface area (Å²) >= 11 is 0. The molecule has 54 valence electrons. The van der Waals surface area contributed by atoms with E-state index in [-0.39, 0.29) is 5.92 Å². The fraction of sp³-hybridized carbons (Fsp3) is 0.300. The van der Waals surface area contributed by atoms with Crippen LogP contribution in [0.5, 0.6) is 0 Å². The Morgan fingerprint density at radius 1 is 1.45 bits per heavy atom. The van der Waals surface area contributed by atoms with Crippen molar-refractivity contribution in [2.45, 2.75) is 12.3 Å². The third kappa shape index (κ3) is 1.12. The first-order chi connectivity index (χ1) is 5.76. The summed E-state index contributed by atoms with van der Waals surface area (Å²) in [6.07, 6.45) is 0.688. The van der Waals surface area contributed by atoms with Gasteiger partial charge in [-0.2, -0.15) is 5.26 Å². The van der Waals surface area contributed by atoms with E-state index in [0.29, 0.717) is 6.42 Å². The van der Waals surface area contributed by atoms with Gasteiger partial charge in [-0.25, -0.2) is 0 Å². The predicted octanol–water partition coefficient (Wildman–Crippen LogP) is 2.31. The Balaban J connectivity index is 2.23. The van der Waals surface area contributed by atoms with Crippen LogP contribution >= 0.6 is 0 Å². The number of nitriles is 1. The van der Waals surface area contributed by atoms with Crippen molar-refractivity contribution in [1.29, 1.82) is 5.26 Å². The van der Waals surface area contributed by atoms with E-state index in [1.54, 1.807) is 0 Å². The summed E-state index contributed by atoms with van der Waals surface area (Å²) in [7, 11) is 0. The number of nitrogens with zero attached hydrogens (tertiary/aromatic N) is 1. The van der Waals surface area contributed by atoms with E-state index in [0.717, 1.165) is 5.56 Å². The number of hydrogen-bond donors (Lipinski definition) is 0. The van der Waals surface area contributed by atoms with Crippen molar-refractivity contribution in [1.82, 2.24) is 0 Å². The first-order valence-electron chi connectivity index (χ1n) is 4.22. The minimum atomic E-state index is -0.832. The van der Waals surface area contributed by atoms with Crippen LogP contribution in [0.15, 0.2) is 30.3 Å². The second-order valence-electron chi connectivity index (χ2n) is 2.80. The molecule has 0 spiro atoms. The molecular formula is C10H9N. The van der Waals surface area contributed by atoms with Gasteiger partial charge < -0.3 is 0 Å². The van der Waals surface area contributed by atoms with Crippen molar-refractivity contribution >= 4 is 0 Å². The highest BCUT2D eigenvalue weighted by Crippen LogP contribution is 2.46. The van der Waals surface area contributed by atoms with Crippen LogP contribution in [-0.2, 0) is 0 Å². The third-order valence-electron chi connectivity index (χ3n) is 2.03. The molecular weight excluding hydrogens is 134 g/mol. The van der Waals surface area contributed by atoms with Crippen LogP contribution in [0.25, 0.3) is 0 Å². The molecule has 1 fully saturated rings. The first-order valence-corrected chi connectivity index (χ1v) is 3.72. The maximum absolute atomic E-state index is 8.66. The molecule has 1 heteroatoms. The van der Waals surface area contributed by atoms with Gasteiger partial charge in [-0.1, -0.05) is 30.3 Å². The van der Waals surface area contributed by atoms with Crippen molar-refractivity contribution in [3.05, 3.63) is 35.9 Å². The Bertz CT molecular complexity index is 327. The molecule has 1 aromatic rings. The third-order valence-corrected chi connectivity index (χ3v) is 2.03. The minimum Gasteiger partial charge on any atom is -0.198 e. The second-order valence-corrected chi connectivity index (χ2v) is 2.80. The summed E-state index contributed by atoms with van der Waals surface area (Å²) in [5, 5.41) is 8.66. The molecule has 1 nitrogen and oxygen atoms in total. The van der Waals surface area contributed by atoms with Crippen molar-refractivity contribution in [2.75, 3.05) is 0 Å². The Labute approximate surface area is 67.7 Å². The SMILES string of the molecule is [2H][C@@]1(C#N)C[C@H]1c1ccccc1. The van der Waals surface area contributed by atoms with E-state index in [2.05, 4.69) is 0 Å². The Kier molecular flexibility index (Phi) is 1.17. The average Bonchev–Trinajstić information content (AvgIpc) is 2.81. The van der Waals surface area contributed by atoms with Crippen molar-refractivity contribution in [2.24, 2.45) is 5.89 Å². The second kappa shape index (κ2) is 2.39. The largest absolute Gasteiger partial charge is 0.198 e. The molecule has 2 rings (SSSR count). The van der Waals surface area contributed by atoms with Crippen LogP contribution in [0, 0.1) is 17.2 Å². The van der Waals surface area contributed by atoms with Crippen molar-refractivity contribution < 1.29 is 1.37 Å². The molecule has 0 saturated heterocycles. The van der Waals surface area contributed by atoms with Gasteiger partial charge in [0.15, 0.2) is 0 Å². The lowest BCUT2D eigenvalue weighted by atomic mass is 10.1. The van der Waals surface area contributed by atoms with Gasteiger partial charge in [0.2, 0.25) is 0 Å². The normalized spacial score (nSPS) is 35.5. The highest BCUT2D eigenvalue weighted by molar-refractivity contribution is 5.28. The molecule has 0 aromatic heterocycles. The van der Waals surface area contributed by atoms with Gasteiger partial charge in [0.1, 0.15) is 0 Å². The molecule has 1 aromatic carbocycles. The first kappa shape index (κ1) is 5.37. The molecule has 2 atom stereocenters. The number of rotatable bonds is 1. The molecule has 0 radical (unpaired) electrons. The summed E-state index contributed by atoms with van der Waals surface area (Å²) in [6.45, 7) is 0. The lowest BCUT2D eigenvalue weighted by Crippen LogP contribution is -1.78. The lowest BCUT2D eigenvalue weighted by molar-refractivity contribution is 1.02. The van der Waals surface area contributed by atoms with E-state index in [9.17, 15) is 0 Å². The molecule has 11 heavy (non-hydrogen) atoms. The van der Waals surface area contributed by atoms with E-state index in [1.165, 1.54) is 0 Å². The Hall–Kier alpha value is -1.29. The van der Waals surface area contributed by atoms with Gasteiger partial charge >= 0.3 is 0 Å². The van der Waals surface area contributed by atoms with Crippen LogP contribution in [0.1, 0.15) is 19.3 Å². The molecule has 0 bridgehead atoms. The predicted molar refractivity (Wildman–Crippen MR) is 42.9 cm³/mol. The Morgan fingerprint density at radius 2 is 2.18 bits per heavy atom. The zero-order chi connectivity index (χ0) is 8.60. The molecule has 1 aliphatic rings. The van der Waals surface area contributed by atoms with Crippen molar-refractivity contribution in [3.8, 4) is 6.07 Å². The zero-order valence-corrected chi connectivity index (χ0v) is 6.12. The average molecular weight is 144 g/mol. The molecule has 0 aliphatic heterocycles. The molecule has 0 N–H and O–H groups in total. The van der Waals surface area contributed by atoms with E-state index >= 15 is 0 Å². The summed E-state index contributed by atoms with van der Waals surface area (Å²) < 4.78 is 7.63. The van der Waals surface area contributed by atoms with Crippen LogP contribution in [0.4, 0.5) is 0 Å². The van der Waals surface area contributed by atoms with Crippen LogP contribution in [-0.4, -0.2) is 0 Å². The highest BCUT2D eigenvalue weighted by Gasteiger charge is 2.38. The van der Waals surface area contributed by atoms with Gasteiger partial charge in [0, 0.05) is 7.29 Å². The summed E-state index contributed by atoms with van der Waals surface area (Å²) in [6, 6.07) is 11.8. The lowest BCUT2D eigenvalue weighted by Gasteiger charge is -1.93. The highest BCUT2D eigenvalue weighted by atomic mass is 14.4. The topological polar surface area (TPSA) is 23.8 Å². The fourth-order valence-electron chi connectivity index (χ4n) is 1.29. The van der Waals surface area contributed by atoms with Gasteiger partial charge in [0.05, 0.1) is 12.0 Å². The minimum absolute atomic E-state index is 0.142. The Morgan fingerprint density at radius 3 is 2.73 bits per heavy atom. The summed E-state index contributed by atoms with van der Waals surface area (Å²) in [5.41, 5.74) is 1.12. The fourth-order valence-corrected chi connectivity index (χ4v) is 1.29. The zero-order valence-electron chi connectivity index (χ0n) is 7.12. The molecule has 1 saturated carbocycles. The van der Waals surface area contributed by atoms with Crippen LogP contribution in [0.3, 0.4) is 0 Å². The van der Waals surface area contributed by atoms with E-state index in [4.69, 9.17) is 6.63 Å². The van der Waals surface area contributed by atoms with E-state index < -0.39 is 5.89 Å². The maximum atomic E-state index is 8.66. The molecule has 0 unspecified atom stereocenters. The number of benzene rings is 1. The van der Waals surface area contributed by atoms with Gasteiger partial charge in [0.25, 0.3) is 0 Å². The van der Waals surface area contributed by atoms with E-state index in [1.807, 2.05) is 36.4 Å². The standard InChI is InChI=1S/C10H9N/c11-7-9-6-10(9)8-4-2-1-3-5-8/h1-5,9-10H,6H2/t9-,10-/m0/s1/i9D. The quantitative estimate of drug-likeness (QED) is 0.593. The molecule has 0 amide bonds. The number of hydrogen-bond acceptors (Lipinski definition) is 1.